The number of carbonyl (C=O) groups excluding carboxylic acids is 1. The van der Waals surface area contributed by atoms with Crippen LogP contribution in [0.15, 0.2) is 66.2 Å². The molecule has 34 heavy (non-hydrogen) atoms. The zero-order valence-electron chi connectivity index (χ0n) is 18.6. The summed E-state index contributed by atoms with van der Waals surface area (Å²) in [6, 6.07) is 21.1. The van der Waals surface area contributed by atoms with Crippen LogP contribution < -0.4 is 19.5 Å². The molecule has 6 nitrogen and oxygen atoms in total. The summed E-state index contributed by atoms with van der Waals surface area (Å²) in [5, 5.41) is 12.4. The fourth-order valence-electron chi connectivity index (χ4n) is 3.11. The maximum absolute atomic E-state index is 12.7. The van der Waals surface area contributed by atoms with Gasteiger partial charge in [0.15, 0.2) is 0 Å². The van der Waals surface area contributed by atoms with Crippen LogP contribution in [0.1, 0.15) is 16.7 Å². The molecule has 0 saturated carbocycles. The number of nitrogens with zero attached hydrogens (tertiary/aromatic N) is 1. The quantitative estimate of drug-likeness (QED) is 0.178. The Kier molecular flexibility index (Phi) is 9.59. The third kappa shape index (κ3) is 6.87. The van der Waals surface area contributed by atoms with E-state index in [0.717, 1.165) is 29.6 Å². The lowest BCUT2D eigenvalue weighted by Gasteiger charge is -2.12. The van der Waals surface area contributed by atoms with E-state index < -0.39 is 5.91 Å². The summed E-state index contributed by atoms with van der Waals surface area (Å²) >= 11 is 4.40. The molecule has 8 heteroatoms. The molecule has 0 aliphatic rings. The smallest absolute Gasteiger partial charge is 0.262 e. The monoisotopic (exact) mass is 680 g/mol. The van der Waals surface area contributed by atoms with Gasteiger partial charge in [0.2, 0.25) is 0 Å². The van der Waals surface area contributed by atoms with Crippen molar-refractivity contribution in [3.63, 3.8) is 0 Å². The number of hydrogen-bond acceptors (Lipinski definition) is 5. The predicted octanol–water partition coefficient (Wildman–Crippen LogP) is 5.72. The van der Waals surface area contributed by atoms with Gasteiger partial charge in [-0.3, -0.25) is 4.79 Å². The Labute approximate surface area is 226 Å². The third-order valence-corrected chi connectivity index (χ3v) is 6.46. The molecule has 1 amide bonds. The highest BCUT2D eigenvalue weighted by Gasteiger charge is 2.14. The zero-order valence-corrected chi connectivity index (χ0v) is 22.9. The molecular weight excluding hydrogens is 658 g/mol. The highest BCUT2D eigenvalue weighted by Crippen LogP contribution is 2.30. The van der Waals surface area contributed by atoms with Crippen molar-refractivity contribution in [2.24, 2.45) is 0 Å². The third-order valence-electron chi connectivity index (χ3n) is 4.86. The van der Waals surface area contributed by atoms with Gasteiger partial charge in [-0.1, -0.05) is 30.3 Å². The molecule has 0 aliphatic carbocycles. The molecule has 0 saturated heterocycles. The van der Waals surface area contributed by atoms with Crippen LogP contribution in [0.4, 0.5) is 0 Å². The van der Waals surface area contributed by atoms with Crippen molar-refractivity contribution in [1.82, 2.24) is 5.32 Å². The molecule has 0 bridgehead atoms. The second-order valence-electron chi connectivity index (χ2n) is 7.12. The number of nitriles is 1. The minimum Gasteiger partial charge on any atom is -0.497 e. The molecule has 1 N–H and O–H groups in total. The summed E-state index contributed by atoms with van der Waals surface area (Å²) < 4.78 is 18.4. The molecular formula is C26H22I2N2O4. The highest BCUT2D eigenvalue weighted by atomic mass is 127. The van der Waals surface area contributed by atoms with Crippen LogP contribution in [-0.4, -0.2) is 20.1 Å². The molecule has 0 atom stereocenters. The number of hydrogen-bond donors (Lipinski definition) is 1. The van der Waals surface area contributed by atoms with Gasteiger partial charge in [-0.15, -0.1) is 0 Å². The normalized spacial score (nSPS) is 10.9. The topological polar surface area (TPSA) is 80.6 Å². The van der Waals surface area contributed by atoms with Crippen LogP contribution in [0.2, 0.25) is 0 Å². The Morgan fingerprint density at radius 1 is 1.03 bits per heavy atom. The summed E-state index contributed by atoms with van der Waals surface area (Å²) in [4.78, 5) is 12.7. The molecule has 0 aromatic heterocycles. The Morgan fingerprint density at radius 2 is 1.74 bits per heavy atom. The summed E-state index contributed by atoms with van der Waals surface area (Å²) in [7, 11) is 3.13. The van der Waals surface area contributed by atoms with Crippen LogP contribution in [0.25, 0.3) is 6.08 Å². The molecule has 0 aliphatic heterocycles. The van der Waals surface area contributed by atoms with E-state index in [-0.39, 0.29) is 12.1 Å². The molecule has 0 heterocycles. The summed E-state index contributed by atoms with van der Waals surface area (Å²) in [6.07, 6.45) is 1.58. The van der Waals surface area contributed by atoms with E-state index in [9.17, 15) is 10.1 Å². The van der Waals surface area contributed by atoms with Crippen molar-refractivity contribution < 1.29 is 19.0 Å². The van der Waals surface area contributed by atoms with E-state index in [1.54, 1.807) is 32.4 Å². The maximum atomic E-state index is 12.7. The highest BCUT2D eigenvalue weighted by molar-refractivity contribution is 14.1. The van der Waals surface area contributed by atoms with E-state index in [1.165, 1.54) is 0 Å². The maximum Gasteiger partial charge on any atom is 0.262 e. The first-order chi connectivity index (χ1) is 16.4. The van der Waals surface area contributed by atoms with Gasteiger partial charge in [0, 0.05) is 18.2 Å². The van der Waals surface area contributed by atoms with Crippen LogP contribution >= 0.6 is 45.2 Å². The largest absolute Gasteiger partial charge is 0.497 e. The van der Waals surface area contributed by atoms with Crippen LogP contribution in [0.5, 0.6) is 17.2 Å². The minimum atomic E-state index is -0.463. The first-order valence-corrected chi connectivity index (χ1v) is 12.4. The van der Waals surface area contributed by atoms with Crippen molar-refractivity contribution in [2.45, 2.75) is 13.2 Å². The summed E-state index contributed by atoms with van der Waals surface area (Å²) in [5.41, 5.74) is 2.61. The SMILES string of the molecule is COc1ccc(CNC(=O)/C(C#N)=C/c2cc(I)c(OCc3ccccc3)c(I)c2)c(OC)c1. The van der Waals surface area contributed by atoms with Crippen LogP contribution in [0, 0.1) is 18.5 Å². The number of halogens is 2. The number of amides is 1. The minimum absolute atomic E-state index is 0.0111. The lowest BCUT2D eigenvalue weighted by atomic mass is 10.1. The molecule has 3 aromatic rings. The number of ether oxygens (including phenoxy) is 3. The van der Waals surface area contributed by atoms with Crippen molar-refractivity contribution in [3.05, 3.63) is 90.1 Å². The fraction of sp³-hybridized carbons (Fsp3) is 0.154. The predicted molar refractivity (Wildman–Crippen MR) is 148 cm³/mol. The molecule has 174 valence electrons. The Bertz CT molecular complexity index is 1210. The van der Waals surface area contributed by atoms with Crippen LogP contribution in [0.3, 0.4) is 0 Å². The number of nitrogens with one attached hydrogen (secondary N) is 1. The molecule has 0 spiro atoms. The van der Waals surface area contributed by atoms with Gasteiger partial charge in [-0.05, 0) is 86.7 Å². The van der Waals surface area contributed by atoms with E-state index in [0.29, 0.717) is 18.1 Å². The lowest BCUT2D eigenvalue weighted by molar-refractivity contribution is -0.117. The Morgan fingerprint density at radius 3 is 2.35 bits per heavy atom. The van der Waals surface area contributed by atoms with E-state index in [2.05, 4.69) is 50.5 Å². The van der Waals surface area contributed by atoms with Crippen molar-refractivity contribution in [3.8, 4) is 23.3 Å². The number of rotatable bonds is 9. The van der Waals surface area contributed by atoms with E-state index >= 15 is 0 Å². The van der Waals surface area contributed by atoms with Gasteiger partial charge in [0.1, 0.15) is 35.5 Å². The number of benzene rings is 3. The van der Waals surface area contributed by atoms with Gasteiger partial charge in [0.05, 0.1) is 21.4 Å². The fourth-order valence-corrected chi connectivity index (χ4v) is 5.24. The van der Waals surface area contributed by atoms with E-state index in [4.69, 9.17) is 14.2 Å². The van der Waals surface area contributed by atoms with Crippen molar-refractivity contribution in [1.29, 1.82) is 5.26 Å². The average molecular weight is 680 g/mol. The van der Waals surface area contributed by atoms with Gasteiger partial charge >= 0.3 is 0 Å². The second kappa shape index (κ2) is 12.6. The second-order valence-corrected chi connectivity index (χ2v) is 9.44. The van der Waals surface area contributed by atoms with Gasteiger partial charge in [0.25, 0.3) is 5.91 Å². The first kappa shape index (κ1) is 25.8. The van der Waals surface area contributed by atoms with Crippen molar-refractivity contribution >= 4 is 57.2 Å². The average Bonchev–Trinajstić information content (AvgIpc) is 2.85. The van der Waals surface area contributed by atoms with Gasteiger partial charge in [-0.25, -0.2) is 0 Å². The first-order valence-electron chi connectivity index (χ1n) is 10.2. The van der Waals surface area contributed by atoms with Gasteiger partial charge in [-0.2, -0.15) is 5.26 Å². The number of methoxy groups -OCH3 is 2. The zero-order chi connectivity index (χ0) is 24.5. The summed E-state index contributed by atoms with van der Waals surface area (Å²) in [5.74, 6) is 1.56. The Balaban J connectivity index is 1.72. The molecule has 3 rings (SSSR count). The molecule has 0 unspecified atom stereocenters. The molecule has 0 radical (unpaired) electrons. The molecule has 0 fully saturated rings. The van der Waals surface area contributed by atoms with Gasteiger partial charge < -0.3 is 19.5 Å². The lowest BCUT2D eigenvalue weighted by Crippen LogP contribution is -2.24. The standard InChI is InChI=1S/C26H22I2N2O4/c1-32-21-9-8-19(24(13-21)33-2)15-30-26(31)20(14-29)10-18-11-22(27)25(23(28)12-18)34-16-17-6-4-3-5-7-17/h3-13H,15-16H2,1-2H3,(H,30,31)/b20-10+. The summed E-state index contributed by atoms with van der Waals surface area (Å²) in [6.45, 7) is 0.676. The van der Waals surface area contributed by atoms with Crippen LogP contribution in [-0.2, 0) is 17.9 Å². The number of carbonyl (C=O) groups is 1. The molecule has 3 aromatic carbocycles. The van der Waals surface area contributed by atoms with E-state index in [1.807, 2.05) is 54.6 Å². The van der Waals surface area contributed by atoms with Crippen molar-refractivity contribution in [2.75, 3.05) is 14.2 Å². The Hall–Kier alpha value is -2.78.